The van der Waals surface area contributed by atoms with E-state index in [-0.39, 0.29) is 11.2 Å². The molecule has 1 saturated carbocycles. The van der Waals surface area contributed by atoms with E-state index in [1.165, 1.54) is 6.07 Å². The van der Waals surface area contributed by atoms with Crippen LogP contribution in [-0.4, -0.2) is 12.6 Å². The summed E-state index contributed by atoms with van der Waals surface area (Å²) < 4.78 is 13.3. The van der Waals surface area contributed by atoms with E-state index in [1.54, 1.807) is 6.07 Å². The first-order chi connectivity index (χ1) is 7.98. The molecule has 17 heavy (non-hydrogen) atoms. The first-order valence-corrected chi connectivity index (χ1v) is 6.47. The molecule has 94 valence electrons. The molecule has 0 spiro atoms. The molecule has 2 heteroatoms. The Kier molecular flexibility index (Phi) is 3.26. The van der Waals surface area contributed by atoms with Crippen LogP contribution in [-0.2, 0) is 0 Å². The largest absolute Gasteiger partial charge is 0.313 e. The topological polar surface area (TPSA) is 12.0 Å². The van der Waals surface area contributed by atoms with Crippen LogP contribution in [0.15, 0.2) is 24.3 Å². The Morgan fingerprint density at radius 2 is 2.06 bits per heavy atom. The van der Waals surface area contributed by atoms with Gasteiger partial charge in [-0.2, -0.15) is 0 Å². The molecule has 1 aromatic carbocycles. The summed E-state index contributed by atoms with van der Waals surface area (Å²) in [6.45, 7) is 9.94. The lowest BCUT2D eigenvalue weighted by molar-refractivity contribution is 0.00131. The van der Waals surface area contributed by atoms with Gasteiger partial charge in [-0.3, -0.25) is 0 Å². The molecule has 3 atom stereocenters. The molecule has 1 aliphatic rings. The van der Waals surface area contributed by atoms with Crippen LogP contribution in [0.1, 0.15) is 39.2 Å². The summed E-state index contributed by atoms with van der Waals surface area (Å²) in [6, 6.07) is 7.59. The Labute approximate surface area is 103 Å². The van der Waals surface area contributed by atoms with E-state index in [9.17, 15) is 4.39 Å². The summed E-state index contributed by atoms with van der Waals surface area (Å²) in [4.78, 5) is 0. The van der Waals surface area contributed by atoms with Crippen LogP contribution >= 0.6 is 0 Å². The van der Waals surface area contributed by atoms with Gasteiger partial charge in [-0.05, 0) is 41.5 Å². The number of nitrogens with one attached hydrogen (secondary N) is 1. The van der Waals surface area contributed by atoms with Crippen LogP contribution in [0.4, 0.5) is 4.39 Å². The van der Waals surface area contributed by atoms with Gasteiger partial charge in [-0.15, -0.1) is 0 Å². The van der Waals surface area contributed by atoms with Crippen LogP contribution < -0.4 is 5.32 Å². The van der Waals surface area contributed by atoms with Gasteiger partial charge in [-0.1, -0.05) is 39.8 Å². The summed E-state index contributed by atoms with van der Waals surface area (Å²) in [5.74, 6) is 0.881. The molecular formula is C15H22FN. The van der Waals surface area contributed by atoms with Crippen molar-refractivity contribution >= 4 is 0 Å². The summed E-state index contributed by atoms with van der Waals surface area (Å²) in [5, 5.41) is 3.54. The van der Waals surface area contributed by atoms with Gasteiger partial charge in [0.15, 0.2) is 0 Å². The molecule has 1 aromatic rings. The third kappa shape index (κ3) is 1.99. The van der Waals surface area contributed by atoms with Crippen molar-refractivity contribution in [2.75, 3.05) is 6.54 Å². The second kappa shape index (κ2) is 4.41. The Bertz CT molecular complexity index is 400. The smallest absolute Gasteiger partial charge is 0.123 e. The molecule has 1 aliphatic carbocycles. The van der Waals surface area contributed by atoms with E-state index >= 15 is 0 Å². The molecule has 2 rings (SSSR count). The zero-order valence-corrected chi connectivity index (χ0v) is 11.1. The minimum Gasteiger partial charge on any atom is -0.313 e. The average Bonchev–Trinajstić information content (AvgIpc) is 2.25. The van der Waals surface area contributed by atoms with E-state index in [4.69, 9.17) is 0 Å². The maximum absolute atomic E-state index is 13.3. The van der Waals surface area contributed by atoms with Crippen molar-refractivity contribution in [3.05, 3.63) is 35.6 Å². The maximum atomic E-state index is 13.3. The molecule has 1 N–H and O–H groups in total. The van der Waals surface area contributed by atoms with Gasteiger partial charge < -0.3 is 5.32 Å². The molecule has 0 amide bonds. The number of hydrogen-bond acceptors (Lipinski definition) is 1. The molecule has 0 aliphatic heterocycles. The minimum absolute atomic E-state index is 0.127. The minimum atomic E-state index is -0.127. The zero-order chi connectivity index (χ0) is 12.6. The molecule has 0 heterocycles. The van der Waals surface area contributed by atoms with Crippen molar-refractivity contribution in [1.82, 2.24) is 5.32 Å². The van der Waals surface area contributed by atoms with Gasteiger partial charge in [0, 0.05) is 6.04 Å². The first kappa shape index (κ1) is 12.6. The van der Waals surface area contributed by atoms with Crippen LogP contribution in [0.25, 0.3) is 0 Å². The van der Waals surface area contributed by atoms with Gasteiger partial charge >= 0.3 is 0 Å². The second-order valence-electron chi connectivity index (χ2n) is 5.75. The van der Waals surface area contributed by atoms with Crippen molar-refractivity contribution in [2.24, 2.45) is 11.3 Å². The lowest BCUT2D eigenvalue weighted by Crippen LogP contribution is -2.61. The van der Waals surface area contributed by atoms with Gasteiger partial charge in [-0.25, -0.2) is 4.39 Å². The van der Waals surface area contributed by atoms with E-state index < -0.39 is 0 Å². The van der Waals surface area contributed by atoms with Crippen molar-refractivity contribution in [3.63, 3.8) is 0 Å². The highest BCUT2D eigenvalue weighted by Crippen LogP contribution is 2.56. The summed E-state index contributed by atoms with van der Waals surface area (Å²) in [7, 11) is 0. The summed E-state index contributed by atoms with van der Waals surface area (Å²) in [5.41, 5.74) is 1.33. The lowest BCUT2D eigenvalue weighted by Gasteiger charge is -2.58. The number of benzene rings is 1. The predicted octanol–water partition coefficient (Wildman–Crippen LogP) is 3.56. The maximum Gasteiger partial charge on any atom is 0.123 e. The molecule has 0 aromatic heterocycles. The number of halogens is 1. The number of rotatable bonds is 3. The molecule has 0 saturated heterocycles. The Morgan fingerprint density at radius 3 is 2.59 bits per heavy atom. The van der Waals surface area contributed by atoms with E-state index in [0.29, 0.717) is 17.9 Å². The molecule has 1 nitrogen and oxygen atoms in total. The quantitative estimate of drug-likeness (QED) is 0.844. The highest BCUT2D eigenvalue weighted by atomic mass is 19.1. The monoisotopic (exact) mass is 235 g/mol. The number of hydrogen-bond donors (Lipinski definition) is 1. The fourth-order valence-corrected chi connectivity index (χ4v) is 3.72. The molecule has 1 fully saturated rings. The van der Waals surface area contributed by atoms with Gasteiger partial charge in [0.2, 0.25) is 0 Å². The normalized spacial score (nSPS) is 31.0. The third-order valence-corrected chi connectivity index (χ3v) is 4.29. The summed E-state index contributed by atoms with van der Waals surface area (Å²) in [6.07, 6.45) is 0. The standard InChI is InChI=1S/C15H22FN/c1-5-17-14-10(2)13(15(14,3)4)11-7-6-8-12(16)9-11/h6-10,13-14,17H,5H2,1-4H3. The predicted molar refractivity (Wildman–Crippen MR) is 69.6 cm³/mol. The molecular weight excluding hydrogens is 213 g/mol. The van der Waals surface area contributed by atoms with Crippen molar-refractivity contribution in [1.29, 1.82) is 0 Å². The fraction of sp³-hybridized carbons (Fsp3) is 0.600. The van der Waals surface area contributed by atoms with Gasteiger partial charge in [0.1, 0.15) is 5.82 Å². The zero-order valence-electron chi connectivity index (χ0n) is 11.1. The van der Waals surface area contributed by atoms with Crippen molar-refractivity contribution in [3.8, 4) is 0 Å². The van der Waals surface area contributed by atoms with E-state index in [2.05, 4.69) is 33.0 Å². The van der Waals surface area contributed by atoms with Crippen molar-refractivity contribution < 1.29 is 4.39 Å². The van der Waals surface area contributed by atoms with E-state index in [1.807, 2.05) is 12.1 Å². The fourth-order valence-electron chi connectivity index (χ4n) is 3.72. The molecule has 0 radical (unpaired) electrons. The van der Waals surface area contributed by atoms with Crippen LogP contribution in [0.2, 0.25) is 0 Å². The third-order valence-electron chi connectivity index (χ3n) is 4.29. The average molecular weight is 235 g/mol. The summed E-state index contributed by atoms with van der Waals surface area (Å²) >= 11 is 0. The van der Waals surface area contributed by atoms with Crippen LogP contribution in [0.3, 0.4) is 0 Å². The highest BCUT2D eigenvalue weighted by molar-refractivity contribution is 5.29. The SMILES string of the molecule is CCNC1C(C)C(c2cccc(F)c2)C1(C)C. The second-order valence-corrected chi connectivity index (χ2v) is 5.75. The Balaban J connectivity index is 2.24. The van der Waals surface area contributed by atoms with Crippen LogP contribution in [0.5, 0.6) is 0 Å². The molecule has 0 bridgehead atoms. The highest BCUT2D eigenvalue weighted by Gasteiger charge is 2.53. The molecule has 3 unspecified atom stereocenters. The Hall–Kier alpha value is -0.890. The lowest BCUT2D eigenvalue weighted by atomic mass is 9.50. The van der Waals surface area contributed by atoms with E-state index in [0.717, 1.165) is 12.1 Å². The van der Waals surface area contributed by atoms with Gasteiger partial charge in [0.25, 0.3) is 0 Å². The first-order valence-electron chi connectivity index (χ1n) is 6.47. The van der Waals surface area contributed by atoms with Crippen LogP contribution in [0, 0.1) is 17.2 Å². The van der Waals surface area contributed by atoms with Gasteiger partial charge in [0.05, 0.1) is 0 Å². The Morgan fingerprint density at radius 1 is 1.35 bits per heavy atom. The van der Waals surface area contributed by atoms with Crippen molar-refractivity contribution in [2.45, 2.75) is 39.7 Å².